The van der Waals surface area contributed by atoms with Crippen LogP contribution in [0.2, 0.25) is 0 Å². The fourth-order valence-electron chi connectivity index (χ4n) is 3.07. The fourth-order valence-corrected chi connectivity index (χ4v) is 3.07. The molecule has 1 atom stereocenters. The first kappa shape index (κ1) is 13.2. The summed E-state index contributed by atoms with van der Waals surface area (Å²) in [6.45, 7) is 2.88. The number of aryl methyl sites for hydroxylation is 3. The SMILES string of the molecule is Cc1nn(C)cc1CNC1CCCc2cc(O)ccc21. The van der Waals surface area contributed by atoms with Crippen LogP contribution in [0.3, 0.4) is 0 Å². The molecule has 0 spiro atoms. The van der Waals surface area contributed by atoms with E-state index in [-0.39, 0.29) is 0 Å². The Morgan fingerprint density at radius 2 is 2.30 bits per heavy atom. The summed E-state index contributed by atoms with van der Waals surface area (Å²) < 4.78 is 1.86. The van der Waals surface area contributed by atoms with Crippen LogP contribution >= 0.6 is 0 Å². The van der Waals surface area contributed by atoms with E-state index in [0.717, 1.165) is 25.1 Å². The zero-order valence-corrected chi connectivity index (χ0v) is 12.1. The molecule has 0 bridgehead atoms. The Hall–Kier alpha value is -1.81. The van der Waals surface area contributed by atoms with Gasteiger partial charge in [-0.25, -0.2) is 0 Å². The number of fused-ring (bicyclic) bond motifs is 1. The second-order valence-electron chi connectivity index (χ2n) is 5.62. The van der Waals surface area contributed by atoms with Gasteiger partial charge in [0.25, 0.3) is 0 Å². The van der Waals surface area contributed by atoms with Crippen molar-refractivity contribution in [1.82, 2.24) is 15.1 Å². The van der Waals surface area contributed by atoms with Gasteiger partial charge in [0.1, 0.15) is 5.75 Å². The van der Waals surface area contributed by atoms with Gasteiger partial charge in [0.2, 0.25) is 0 Å². The molecule has 106 valence electrons. The largest absolute Gasteiger partial charge is 0.508 e. The monoisotopic (exact) mass is 271 g/mol. The molecule has 0 aliphatic heterocycles. The minimum atomic E-state index is 0.368. The predicted octanol–water partition coefficient (Wildman–Crippen LogP) is 2.60. The number of nitrogens with zero attached hydrogens (tertiary/aromatic N) is 2. The first-order valence-corrected chi connectivity index (χ1v) is 7.18. The molecule has 1 unspecified atom stereocenters. The summed E-state index contributed by atoms with van der Waals surface area (Å²) in [5.41, 5.74) is 4.94. The van der Waals surface area contributed by atoms with E-state index in [2.05, 4.69) is 22.7 Å². The van der Waals surface area contributed by atoms with Crippen LogP contribution in [-0.2, 0) is 20.0 Å². The molecule has 4 nitrogen and oxygen atoms in total. The van der Waals surface area contributed by atoms with Gasteiger partial charge in [-0.15, -0.1) is 0 Å². The lowest BCUT2D eigenvalue weighted by Crippen LogP contribution is -2.24. The highest BCUT2D eigenvalue weighted by molar-refractivity contribution is 5.38. The van der Waals surface area contributed by atoms with Gasteiger partial charge in [-0.05, 0) is 49.4 Å². The van der Waals surface area contributed by atoms with Crippen molar-refractivity contribution in [3.8, 4) is 5.75 Å². The lowest BCUT2D eigenvalue weighted by atomic mass is 9.87. The van der Waals surface area contributed by atoms with Crippen LogP contribution in [0, 0.1) is 6.92 Å². The number of rotatable bonds is 3. The minimum Gasteiger partial charge on any atom is -0.508 e. The maximum absolute atomic E-state index is 9.59. The summed E-state index contributed by atoms with van der Waals surface area (Å²) in [6, 6.07) is 6.11. The molecule has 0 amide bonds. The van der Waals surface area contributed by atoms with E-state index in [9.17, 15) is 5.11 Å². The Morgan fingerprint density at radius 3 is 3.05 bits per heavy atom. The van der Waals surface area contributed by atoms with Gasteiger partial charge >= 0.3 is 0 Å². The lowest BCUT2D eigenvalue weighted by Gasteiger charge is -2.26. The summed E-state index contributed by atoms with van der Waals surface area (Å²) in [7, 11) is 1.95. The van der Waals surface area contributed by atoms with Gasteiger partial charge in [0.05, 0.1) is 5.69 Å². The van der Waals surface area contributed by atoms with Crippen molar-refractivity contribution >= 4 is 0 Å². The second-order valence-corrected chi connectivity index (χ2v) is 5.62. The summed E-state index contributed by atoms with van der Waals surface area (Å²) in [5.74, 6) is 0.368. The Labute approximate surface area is 119 Å². The van der Waals surface area contributed by atoms with Gasteiger partial charge in [-0.2, -0.15) is 5.10 Å². The van der Waals surface area contributed by atoms with Crippen molar-refractivity contribution < 1.29 is 5.11 Å². The first-order chi connectivity index (χ1) is 9.63. The normalized spacial score (nSPS) is 18.0. The van der Waals surface area contributed by atoms with E-state index in [0.29, 0.717) is 11.8 Å². The number of hydrogen-bond acceptors (Lipinski definition) is 3. The van der Waals surface area contributed by atoms with Crippen LogP contribution in [0.25, 0.3) is 0 Å². The fraction of sp³-hybridized carbons (Fsp3) is 0.438. The van der Waals surface area contributed by atoms with Gasteiger partial charge in [0.15, 0.2) is 0 Å². The third kappa shape index (κ3) is 2.56. The molecule has 3 rings (SSSR count). The van der Waals surface area contributed by atoms with E-state index >= 15 is 0 Å². The van der Waals surface area contributed by atoms with E-state index in [1.807, 2.05) is 24.7 Å². The van der Waals surface area contributed by atoms with Crippen LogP contribution in [-0.4, -0.2) is 14.9 Å². The Kier molecular flexibility index (Phi) is 3.49. The number of phenolic OH excluding ortho intramolecular Hbond substituents is 1. The number of nitrogens with one attached hydrogen (secondary N) is 1. The number of hydrogen-bond donors (Lipinski definition) is 2. The van der Waals surface area contributed by atoms with Gasteiger partial charge in [-0.3, -0.25) is 4.68 Å². The van der Waals surface area contributed by atoms with E-state index < -0.39 is 0 Å². The molecular formula is C16H21N3O. The third-order valence-corrected chi connectivity index (χ3v) is 4.09. The topological polar surface area (TPSA) is 50.1 Å². The smallest absolute Gasteiger partial charge is 0.115 e. The summed E-state index contributed by atoms with van der Waals surface area (Å²) >= 11 is 0. The molecule has 1 aromatic heterocycles. The highest BCUT2D eigenvalue weighted by atomic mass is 16.3. The second kappa shape index (κ2) is 5.29. The molecule has 0 radical (unpaired) electrons. The highest BCUT2D eigenvalue weighted by Gasteiger charge is 2.20. The number of phenols is 1. The maximum Gasteiger partial charge on any atom is 0.115 e. The predicted molar refractivity (Wildman–Crippen MR) is 78.6 cm³/mol. The van der Waals surface area contributed by atoms with Crippen molar-refractivity contribution in [3.63, 3.8) is 0 Å². The van der Waals surface area contributed by atoms with Crippen molar-refractivity contribution in [2.45, 2.75) is 38.8 Å². The molecule has 0 saturated heterocycles. The average Bonchev–Trinajstić information content (AvgIpc) is 2.74. The molecule has 4 heteroatoms. The Bertz CT molecular complexity index is 618. The van der Waals surface area contributed by atoms with Crippen LogP contribution in [0.15, 0.2) is 24.4 Å². The third-order valence-electron chi connectivity index (χ3n) is 4.09. The molecule has 1 aliphatic rings. The van der Waals surface area contributed by atoms with Crippen LogP contribution in [0.4, 0.5) is 0 Å². The zero-order chi connectivity index (χ0) is 14.1. The molecule has 0 fully saturated rings. The summed E-state index contributed by atoms with van der Waals surface area (Å²) in [6.07, 6.45) is 5.45. The summed E-state index contributed by atoms with van der Waals surface area (Å²) in [4.78, 5) is 0. The molecule has 1 aliphatic carbocycles. The molecule has 1 heterocycles. The minimum absolute atomic E-state index is 0.368. The number of benzene rings is 1. The van der Waals surface area contributed by atoms with E-state index in [1.54, 1.807) is 6.07 Å². The van der Waals surface area contributed by atoms with Crippen LogP contribution in [0.5, 0.6) is 5.75 Å². The van der Waals surface area contributed by atoms with Gasteiger partial charge in [0, 0.05) is 31.4 Å². The van der Waals surface area contributed by atoms with Crippen molar-refractivity contribution in [1.29, 1.82) is 0 Å². The molecular weight excluding hydrogens is 250 g/mol. The van der Waals surface area contributed by atoms with Crippen molar-refractivity contribution in [2.24, 2.45) is 7.05 Å². The van der Waals surface area contributed by atoms with Crippen LogP contribution in [0.1, 0.15) is 41.3 Å². The molecule has 2 aromatic rings. The van der Waals surface area contributed by atoms with E-state index in [4.69, 9.17) is 0 Å². The number of aromatic hydroxyl groups is 1. The molecule has 1 aromatic carbocycles. The van der Waals surface area contributed by atoms with E-state index in [1.165, 1.54) is 23.1 Å². The van der Waals surface area contributed by atoms with Crippen molar-refractivity contribution in [3.05, 3.63) is 46.8 Å². The van der Waals surface area contributed by atoms with Gasteiger partial charge < -0.3 is 10.4 Å². The standard InChI is InChI=1S/C16H21N3O/c1-11-13(10-19(2)18-11)9-17-16-5-3-4-12-8-14(20)6-7-15(12)16/h6-8,10,16-17,20H,3-5,9H2,1-2H3. The van der Waals surface area contributed by atoms with Gasteiger partial charge in [-0.1, -0.05) is 6.07 Å². The molecule has 0 saturated carbocycles. The van der Waals surface area contributed by atoms with Crippen molar-refractivity contribution in [2.75, 3.05) is 0 Å². The lowest BCUT2D eigenvalue weighted by molar-refractivity contribution is 0.449. The molecule has 20 heavy (non-hydrogen) atoms. The zero-order valence-electron chi connectivity index (χ0n) is 12.1. The Morgan fingerprint density at radius 1 is 1.45 bits per heavy atom. The number of aromatic nitrogens is 2. The highest BCUT2D eigenvalue weighted by Crippen LogP contribution is 2.32. The first-order valence-electron chi connectivity index (χ1n) is 7.18. The quantitative estimate of drug-likeness (QED) is 0.902. The average molecular weight is 271 g/mol. The Balaban J connectivity index is 1.75. The van der Waals surface area contributed by atoms with Crippen LogP contribution < -0.4 is 5.32 Å². The summed E-state index contributed by atoms with van der Waals surface area (Å²) in [5, 5.41) is 17.6. The maximum atomic E-state index is 9.59. The molecule has 2 N–H and O–H groups in total.